The number of nitrogens with zero attached hydrogens (tertiary/aromatic N) is 7. The SMILES string of the molecule is O=C(CN1C(=O)c2ccccc2C1=O)N1CCN(c2ccc(-n3ccnc3)nn2)CC1. The zero-order valence-electron chi connectivity index (χ0n) is 16.6. The van der Waals surface area contributed by atoms with E-state index in [2.05, 4.69) is 20.1 Å². The van der Waals surface area contributed by atoms with Crippen LogP contribution < -0.4 is 4.90 Å². The quantitative estimate of drug-likeness (QED) is 0.573. The van der Waals surface area contributed by atoms with Crippen LogP contribution in [-0.2, 0) is 4.79 Å². The van der Waals surface area contributed by atoms with E-state index >= 15 is 0 Å². The number of amides is 3. The molecule has 2 aliphatic rings. The zero-order valence-corrected chi connectivity index (χ0v) is 16.6. The minimum absolute atomic E-state index is 0.240. The number of rotatable bonds is 4. The number of hydrogen-bond donors (Lipinski definition) is 0. The maximum absolute atomic E-state index is 12.7. The maximum atomic E-state index is 12.7. The van der Waals surface area contributed by atoms with Gasteiger partial charge in [-0.3, -0.25) is 23.9 Å². The number of imide groups is 1. The van der Waals surface area contributed by atoms with Gasteiger partial charge in [0.05, 0.1) is 11.1 Å². The summed E-state index contributed by atoms with van der Waals surface area (Å²) in [5, 5.41) is 8.51. The van der Waals surface area contributed by atoms with Gasteiger partial charge in [0.25, 0.3) is 11.8 Å². The number of carbonyl (C=O) groups excluding carboxylic acids is 3. The predicted molar refractivity (Wildman–Crippen MR) is 110 cm³/mol. The molecule has 156 valence electrons. The molecule has 0 bridgehead atoms. The summed E-state index contributed by atoms with van der Waals surface area (Å²) in [6.07, 6.45) is 5.12. The minimum Gasteiger partial charge on any atom is -0.352 e. The summed E-state index contributed by atoms with van der Waals surface area (Å²) < 4.78 is 1.77. The van der Waals surface area contributed by atoms with E-state index in [1.54, 1.807) is 52.5 Å². The first kappa shape index (κ1) is 18.9. The van der Waals surface area contributed by atoms with Crippen LogP contribution in [0.15, 0.2) is 55.1 Å². The minimum atomic E-state index is -0.416. The Morgan fingerprint density at radius 2 is 1.52 bits per heavy atom. The van der Waals surface area contributed by atoms with Crippen molar-refractivity contribution >= 4 is 23.5 Å². The Bertz CT molecular complexity index is 1100. The van der Waals surface area contributed by atoms with Crippen LogP contribution >= 0.6 is 0 Å². The molecule has 31 heavy (non-hydrogen) atoms. The van der Waals surface area contributed by atoms with Crippen molar-refractivity contribution in [3.8, 4) is 5.82 Å². The third-order valence-corrected chi connectivity index (χ3v) is 5.53. The lowest BCUT2D eigenvalue weighted by atomic mass is 10.1. The molecule has 0 spiro atoms. The van der Waals surface area contributed by atoms with Crippen molar-refractivity contribution in [2.45, 2.75) is 0 Å². The van der Waals surface area contributed by atoms with Crippen molar-refractivity contribution in [3.63, 3.8) is 0 Å². The van der Waals surface area contributed by atoms with Crippen molar-refractivity contribution in [1.29, 1.82) is 0 Å². The largest absolute Gasteiger partial charge is 0.352 e. The molecule has 2 aromatic heterocycles. The summed E-state index contributed by atoms with van der Waals surface area (Å²) in [5.41, 5.74) is 0.700. The summed E-state index contributed by atoms with van der Waals surface area (Å²) in [5.74, 6) is 0.338. The van der Waals surface area contributed by atoms with Gasteiger partial charge in [-0.15, -0.1) is 10.2 Å². The molecule has 2 aliphatic heterocycles. The molecule has 3 aromatic rings. The fraction of sp³-hybridized carbons (Fsp3) is 0.238. The van der Waals surface area contributed by atoms with E-state index in [0.717, 1.165) is 10.7 Å². The zero-order chi connectivity index (χ0) is 21.4. The van der Waals surface area contributed by atoms with Gasteiger partial charge in [-0.2, -0.15) is 0 Å². The Labute approximate surface area is 177 Å². The average Bonchev–Trinajstić information content (AvgIpc) is 3.44. The third kappa shape index (κ3) is 3.41. The molecule has 0 radical (unpaired) electrons. The van der Waals surface area contributed by atoms with Crippen LogP contribution in [0.25, 0.3) is 5.82 Å². The van der Waals surface area contributed by atoms with Crippen LogP contribution in [0.4, 0.5) is 5.82 Å². The van der Waals surface area contributed by atoms with E-state index in [4.69, 9.17) is 0 Å². The summed E-state index contributed by atoms with van der Waals surface area (Å²) in [6.45, 7) is 1.89. The summed E-state index contributed by atoms with van der Waals surface area (Å²) >= 11 is 0. The van der Waals surface area contributed by atoms with Gasteiger partial charge < -0.3 is 9.80 Å². The highest BCUT2D eigenvalue weighted by Crippen LogP contribution is 2.22. The number of imidazole rings is 1. The number of piperazine rings is 1. The van der Waals surface area contributed by atoms with Crippen molar-refractivity contribution < 1.29 is 14.4 Å². The molecular weight excluding hydrogens is 398 g/mol. The molecule has 5 rings (SSSR count). The highest BCUT2D eigenvalue weighted by molar-refractivity contribution is 6.22. The molecule has 0 unspecified atom stereocenters. The Hall–Kier alpha value is -4.08. The van der Waals surface area contributed by atoms with Gasteiger partial charge in [0, 0.05) is 38.6 Å². The van der Waals surface area contributed by atoms with E-state index in [1.165, 1.54) is 0 Å². The van der Waals surface area contributed by atoms with Crippen molar-refractivity contribution in [3.05, 3.63) is 66.2 Å². The van der Waals surface area contributed by atoms with E-state index in [1.807, 2.05) is 12.1 Å². The van der Waals surface area contributed by atoms with Crippen LogP contribution in [0, 0.1) is 0 Å². The second-order valence-electron chi connectivity index (χ2n) is 7.33. The number of aromatic nitrogens is 4. The molecular formula is C21H19N7O3. The summed E-state index contributed by atoms with van der Waals surface area (Å²) in [6, 6.07) is 10.4. The van der Waals surface area contributed by atoms with Crippen LogP contribution in [0.5, 0.6) is 0 Å². The second-order valence-corrected chi connectivity index (χ2v) is 7.33. The fourth-order valence-corrected chi connectivity index (χ4v) is 3.82. The topological polar surface area (TPSA) is 105 Å². The monoisotopic (exact) mass is 417 g/mol. The lowest BCUT2D eigenvalue weighted by Gasteiger charge is -2.35. The predicted octanol–water partition coefficient (Wildman–Crippen LogP) is 0.607. The van der Waals surface area contributed by atoms with Crippen molar-refractivity contribution in [2.24, 2.45) is 0 Å². The fourth-order valence-electron chi connectivity index (χ4n) is 3.82. The number of hydrogen-bond acceptors (Lipinski definition) is 7. The van der Waals surface area contributed by atoms with Gasteiger partial charge in [0.1, 0.15) is 12.9 Å². The highest BCUT2D eigenvalue weighted by atomic mass is 16.2. The smallest absolute Gasteiger partial charge is 0.262 e. The third-order valence-electron chi connectivity index (χ3n) is 5.53. The highest BCUT2D eigenvalue weighted by Gasteiger charge is 2.37. The molecule has 1 fully saturated rings. The lowest BCUT2D eigenvalue weighted by Crippen LogP contribution is -2.52. The van der Waals surface area contributed by atoms with Gasteiger partial charge in [-0.05, 0) is 24.3 Å². The molecule has 0 N–H and O–H groups in total. The first-order chi connectivity index (χ1) is 15.1. The van der Waals surface area contributed by atoms with Gasteiger partial charge in [0.2, 0.25) is 5.91 Å². The molecule has 10 nitrogen and oxygen atoms in total. The molecule has 4 heterocycles. The Kier molecular flexibility index (Phi) is 4.66. The average molecular weight is 417 g/mol. The maximum Gasteiger partial charge on any atom is 0.262 e. The van der Waals surface area contributed by atoms with Gasteiger partial charge in [-0.25, -0.2) is 4.98 Å². The van der Waals surface area contributed by atoms with Crippen LogP contribution in [0.1, 0.15) is 20.7 Å². The molecule has 1 saturated heterocycles. The Balaban J connectivity index is 1.19. The number of carbonyl (C=O) groups is 3. The number of fused-ring (bicyclic) bond motifs is 1. The first-order valence-electron chi connectivity index (χ1n) is 9.92. The van der Waals surface area contributed by atoms with Gasteiger partial charge >= 0.3 is 0 Å². The normalized spacial score (nSPS) is 16.1. The molecule has 1 aromatic carbocycles. The van der Waals surface area contributed by atoms with E-state index in [0.29, 0.717) is 43.1 Å². The van der Waals surface area contributed by atoms with E-state index in [-0.39, 0.29) is 12.5 Å². The summed E-state index contributed by atoms with van der Waals surface area (Å²) in [7, 11) is 0. The lowest BCUT2D eigenvalue weighted by molar-refractivity contribution is -0.131. The van der Waals surface area contributed by atoms with Crippen molar-refractivity contribution in [1.82, 2.24) is 29.5 Å². The molecule has 3 amide bonds. The number of benzene rings is 1. The molecule has 0 atom stereocenters. The van der Waals surface area contributed by atoms with Crippen molar-refractivity contribution in [2.75, 3.05) is 37.6 Å². The van der Waals surface area contributed by atoms with E-state index in [9.17, 15) is 14.4 Å². The molecule has 10 heteroatoms. The van der Waals surface area contributed by atoms with Gasteiger partial charge in [0.15, 0.2) is 11.6 Å². The number of anilines is 1. The van der Waals surface area contributed by atoms with Gasteiger partial charge in [-0.1, -0.05) is 12.1 Å². The molecule has 0 saturated carbocycles. The van der Waals surface area contributed by atoms with Crippen LogP contribution in [0.3, 0.4) is 0 Å². The first-order valence-corrected chi connectivity index (χ1v) is 9.92. The standard InChI is InChI=1S/C21H19N7O3/c29-19(13-28-20(30)15-3-1-2-4-16(15)21(28)31)26-11-9-25(10-12-26)17-5-6-18(24-23-17)27-8-7-22-14-27/h1-8,14H,9-13H2. The second kappa shape index (κ2) is 7.63. The Morgan fingerprint density at radius 3 is 2.10 bits per heavy atom. The van der Waals surface area contributed by atoms with Crippen LogP contribution in [-0.4, -0.2) is 80.0 Å². The summed E-state index contributed by atoms with van der Waals surface area (Å²) in [4.78, 5) is 46.4. The molecule has 0 aliphatic carbocycles. The van der Waals surface area contributed by atoms with Crippen LogP contribution in [0.2, 0.25) is 0 Å². The van der Waals surface area contributed by atoms with E-state index < -0.39 is 11.8 Å². The Morgan fingerprint density at radius 1 is 0.871 bits per heavy atom.